The third-order valence-corrected chi connectivity index (χ3v) is 5.29. The Kier molecular flexibility index (Phi) is 3.72. The lowest BCUT2D eigenvalue weighted by Crippen LogP contribution is -2.52. The third kappa shape index (κ3) is 2.71. The van der Waals surface area contributed by atoms with Crippen LogP contribution in [0.2, 0.25) is 0 Å². The van der Waals surface area contributed by atoms with Gasteiger partial charge in [0.2, 0.25) is 11.7 Å². The Balaban J connectivity index is 1.34. The fraction of sp³-hybridized carbons (Fsp3) is 0.421. The first-order valence-corrected chi connectivity index (χ1v) is 8.88. The van der Waals surface area contributed by atoms with E-state index >= 15 is 0 Å². The first-order valence-electron chi connectivity index (χ1n) is 8.88. The Bertz CT molecular complexity index is 877. The van der Waals surface area contributed by atoms with Gasteiger partial charge in [-0.25, -0.2) is 0 Å². The van der Waals surface area contributed by atoms with E-state index in [1.807, 2.05) is 24.3 Å². The van der Waals surface area contributed by atoms with E-state index in [1.165, 1.54) is 0 Å². The number of benzene rings is 1. The summed E-state index contributed by atoms with van der Waals surface area (Å²) in [4.78, 5) is 11.6. The second kappa shape index (κ2) is 6.20. The van der Waals surface area contributed by atoms with Gasteiger partial charge in [0.15, 0.2) is 0 Å². The minimum atomic E-state index is 0.332. The Hall–Kier alpha value is -2.31. The molecule has 128 valence electrons. The van der Waals surface area contributed by atoms with Crippen molar-refractivity contribution in [2.45, 2.75) is 24.8 Å². The molecule has 2 aromatic heterocycles. The highest BCUT2D eigenvalue weighted by atomic mass is 16.5. The maximum absolute atomic E-state index is 5.56. The molecule has 0 N–H and O–H groups in total. The normalized spacial score (nSPS) is 20.0. The highest BCUT2D eigenvalue weighted by molar-refractivity contribution is 5.92. The molecule has 0 amide bonds. The van der Waals surface area contributed by atoms with Crippen LogP contribution in [0, 0.1) is 0 Å². The van der Waals surface area contributed by atoms with E-state index in [0.29, 0.717) is 17.8 Å². The van der Waals surface area contributed by atoms with Gasteiger partial charge in [0.05, 0.1) is 5.92 Å². The molecule has 2 saturated heterocycles. The van der Waals surface area contributed by atoms with Gasteiger partial charge in [-0.1, -0.05) is 29.4 Å². The zero-order valence-electron chi connectivity index (χ0n) is 14.0. The summed E-state index contributed by atoms with van der Waals surface area (Å²) in [5.41, 5.74) is 0.786. The average molecular weight is 336 g/mol. The fourth-order valence-electron chi connectivity index (χ4n) is 3.81. The van der Waals surface area contributed by atoms with Crippen LogP contribution in [-0.2, 0) is 4.74 Å². The van der Waals surface area contributed by atoms with E-state index in [0.717, 1.165) is 61.5 Å². The number of aromatic nitrogens is 3. The van der Waals surface area contributed by atoms with Crippen molar-refractivity contribution in [3.05, 3.63) is 42.4 Å². The second-order valence-corrected chi connectivity index (χ2v) is 6.83. The van der Waals surface area contributed by atoms with Gasteiger partial charge in [0.25, 0.3) is 0 Å². The fourth-order valence-corrected chi connectivity index (χ4v) is 3.81. The molecule has 2 fully saturated rings. The average Bonchev–Trinajstić information content (AvgIpc) is 3.10. The zero-order chi connectivity index (χ0) is 16.6. The van der Waals surface area contributed by atoms with E-state index in [9.17, 15) is 0 Å². The lowest BCUT2D eigenvalue weighted by molar-refractivity contribution is -0.00324. The lowest BCUT2D eigenvalue weighted by atomic mass is 9.94. The Morgan fingerprint density at radius 1 is 1.04 bits per heavy atom. The molecule has 6 nitrogen and oxygen atoms in total. The summed E-state index contributed by atoms with van der Waals surface area (Å²) in [5, 5.41) is 6.37. The summed E-state index contributed by atoms with van der Waals surface area (Å²) in [6.07, 6.45) is 4.05. The maximum Gasteiger partial charge on any atom is 0.232 e. The van der Waals surface area contributed by atoms with Crippen LogP contribution >= 0.6 is 0 Å². The summed E-state index contributed by atoms with van der Waals surface area (Å²) in [5.74, 6) is 1.64. The van der Waals surface area contributed by atoms with Crippen LogP contribution in [0.5, 0.6) is 0 Å². The van der Waals surface area contributed by atoms with Crippen LogP contribution < -0.4 is 0 Å². The third-order valence-electron chi connectivity index (χ3n) is 5.29. The maximum atomic E-state index is 5.56. The summed E-state index contributed by atoms with van der Waals surface area (Å²) in [6.45, 7) is 3.75. The summed E-state index contributed by atoms with van der Waals surface area (Å²) < 4.78 is 11.0. The van der Waals surface area contributed by atoms with Crippen LogP contribution in [0.15, 0.2) is 41.1 Å². The SMILES string of the molecule is c1ccc2c(-c3noc(C4CN(C5CCOCC5)C4)n3)nccc2c1. The van der Waals surface area contributed by atoms with Gasteiger partial charge < -0.3 is 9.26 Å². The molecule has 0 aliphatic carbocycles. The molecule has 0 radical (unpaired) electrons. The number of fused-ring (bicyclic) bond motifs is 1. The summed E-state index contributed by atoms with van der Waals surface area (Å²) in [6, 6.07) is 10.8. The number of likely N-dealkylation sites (tertiary alicyclic amines) is 1. The largest absolute Gasteiger partial charge is 0.381 e. The van der Waals surface area contributed by atoms with Crippen molar-refractivity contribution in [3.8, 4) is 11.5 Å². The zero-order valence-corrected chi connectivity index (χ0v) is 14.0. The highest BCUT2D eigenvalue weighted by Gasteiger charge is 2.37. The van der Waals surface area contributed by atoms with Gasteiger partial charge >= 0.3 is 0 Å². The first kappa shape index (κ1) is 15.0. The van der Waals surface area contributed by atoms with Crippen molar-refractivity contribution in [3.63, 3.8) is 0 Å². The number of pyridine rings is 1. The molecule has 2 aliphatic heterocycles. The van der Waals surface area contributed by atoms with E-state index in [1.54, 1.807) is 6.20 Å². The number of rotatable bonds is 3. The van der Waals surface area contributed by atoms with Crippen molar-refractivity contribution in [2.24, 2.45) is 0 Å². The van der Waals surface area contributed by atoms with Gasteiger partial charge in [-0.05, 0) is 24.3 Å². The standard InChI is InChI=1S/C19H20N4O2/c1-2-4-16-13(3-1)5-8-20-17(16)18-21-19(25-22-18)14-11-23(12-14)15-6-9-24-10-7-15/h1-5,8,14-15H,6-7,9-12H2. The molecule has 0 spiro atoms. The molecular formula is C19H20N4O2. The molecule has 2 aliphatic rings. The summed E-state index contributed by atoms with van der Waals surface area (Å²) in [7, 11) is 0. The Morgan fingerprint density at radius 3 is 2.76 bits per heavy atom. The van der Waals surface area contributed by atoms with Crippen LogP contribution in [0.4, 0.5) is 0 Å². The van der Waals surface area contributed by atoms with Gasteiger partial charge in [0.1, 0.15) is 5.69 Å². The second-order valence-electron chi connectivity index (χ2n) is 6.83. The molecular weight excluding hydrogens is 316 g/mol. The molecule has 1 aromatic carbocycles. The molecule has 5 rings (SSSR count). The molecule has 0 bridgehead atoms. The predicted octanol–water partition coefficient (Wildman–Crippen LogP) is 2.86. The monoisotopic (exact) mass is 336 g/mol. The van der Waals surface area contributed by atoms with Gasteiger partial charge in [-0.2, -0.15) is 4.98 Å². The molecule has 0 unspecified atom stereocenters. The molecule has 0 saturated carbocycles. The van der Waals surface area contributed by atoms with Crippen molar-refractivity contribution in [1.82, 2.24) is 20.0 Å². The van der Waals surface area contributed by atoms with Crippen LogP contribution in [0.1, 0.15) is 24.7 Å². The Labute approximate surface area is 145 Å². The van der Waals surface area contributed by atoms with E-state index in [4.69, 9.17) is 9.26 Å². The minimum Gasteiger partial charge on any atom is -0.381 e. The van der Waals surface area contributed by atoms with Crippen LogP contribution in [-0.4, -0.2) is 52.4 Å². The van der Waals surface area contributed by atoms with E-state index < -0.39 is 0 Å². The van der Waals surface area contributed by atoms with Gasteiger partial charge in [0, 0.05) is 43.9 Å². The molecule has 6 heteroatoms. The molecule has 4 heterocycles. The quantitative estimate of drug-likeness (QED) is 0.733. The minimum absolute atomic E-state index is 0.332. The predicted molar refractivity (Wildman–Crippen MR) is 93.2 cm³/mol. The van der Waals surface area contributed by atoms with Crippen molar-refractivity contribution in [1.29, 1.82) is 0 Å². The van der Waals surface area contributed by atoms with E-state index in [2.05, 4.69) is 26.1 Å². The molecule has 25 heavy (non-hydrogen) atoms. The van der Waals surface area contributed by atoms with Crippen LogP contribution in [0.3, 0.4) is 0 Å². The van der Waals surface area contributed by atoms with Crippen molar-refractivity contribution in [2.75, 3.05) is 26.3 Å². The smallest absolute Gasteiger partial charge is 0.232 e. The number of hydrogen-bond acceptors (Lipinski definition) is 6. The van der Waals surface area contributed by atoms with E-state index in [-0.39, 0.29) is 0 Å². The number of ether oxygens (including phenoxy) is 1. The van der Waals surface area contributed by atoms with Crippen molar-refractivity contribution >= 4 is 10.8 Å². The molecule has 3 aromatic rings. The Morgan fingerprint density at radius 2 is 1.88 bits per heavy atom. The first-order chi connectivity index (χ1) is 12.4. The summed E-state index contributed by atoms with van der Waals surface area (Å²) >= 11 is 0. The topological polar surface area (TPSA) is 64.3 Å². The highest BCUT2D eigenvalue weighted by Crippen LogP contribution is 2.32. The molecule has 0 atom stereocenters. The van der Waals surface area contributed by atoms with Crippen LogP contribution in [0.25, 0.3) is 22.3 Å². The number of nitrogens with zero attached hydrogens (tertiary/aromatic N) is 4. The van der Waals surface area contributed by atoms with Gasteiger partial charge in [-0.3, -0.25) is 9.88 Å². The lowest BCUT2D eigenvalue weighted by Gasteiger charge is -2.44. The number of hydrogen-bond donors (Lipinski definition) is 0. The van der Waals surface area contributed by atoms with Gasteiger partial charge in [-0.15, -0.1) is 0 Å². The van der Waals surface area contributed by atoms with Crippen molar-refractivity contribution < 1.29 is 9.26 Å².